The van der Waals surface area contributed by atoms with Crippen molar-refractivity contribution in [1.82, 2.24) is 9.80 Å². The van der Waals surface area contributed by atoms with Crippen molar-refractivity contribution in [3.8, 4) is 0 Å². The summed E-state index contributed by atoms with van der Waals surface area (Å²) >= 11 is 0. The van der Waals surface area contributed by atoms with Crippen LogP contribution in [0.1, 0.15) is 59.4 Å². The van der Waals surface area contributed by atoms with Crippen LogP contribution < -0.4 is 10.6 Å². The first-order valence-corrected chi connectivity index (χ1v) is 11.8. The Morgan fingerprint density at radius 3 is 2.65 bits per heavy atom. The summed E-state index contributed by atoms with van der Waals surface area (Å²) in [5.41, 5.74) is 2.82. The van der Waals surface area contributed by atoms with Crippen molar-refractivity contribution in [2.75, 3.05) is 17.2 Å². The lowest BCUT2D eigenvalue weighted by Crippen LogP contribution is -2.45. The largest absolute Gasteiger partial charge is 0.327 e. The van der Waals surface area contributed by atoms with Crippen molar-refractivity contribution in [2.45, 2.75) is 51.7 Å². The van der Waals surface area contributed by atoms with E-state index in [4.69, 9.17) is 0 Å². The molecule has 0 unspecified atom stereocenters. The molecule has 2 atom stereocenters. The third-order valence-corrected chi connectivity index (χ3v) is 6.81. The maximum absolute atomic E-state index is 13.4. The van der Waals surface area contributed by atoms with Gasteiger partial charge in [-0.1, -0.05) is 32.0 Å². The first-order valence-electron chi connectivity index (χ1n) is 11.8. The molecule has 2 N–H and O–H groups in total. The van der Waals surface area contributed by atoms with Crippen LogP contribution in [0.3, 0.4) is 0 Å². The van der Waals surface area contributed by atoms with E-state index in [9.17, 15) is 19.2 Å². The maximum atomic E-state index is 13.4. The van der Waals surface area contributed by atoms with Crippen LogP contribution in [0.5, 0.6) is 0 Å². The topological polar surface area (TPSA) is 98.8 Å². The summed E-state index contributed by atoms with van der Waals surface area (Å²) < 4.78 is 0. The molecule has 1 saturated heterocycles. The molecule has 176 valence electrons. The fourth-order valence-electron chi connectivity index (χ4n) is 5.14. The minimum atomic E-state index is -0.642. The zero-order valence-corrected chi connectivity index (χ0v) is 19.3. The molecule has 1 fully saturated rings. The molecule has 0 aromatic heterocycles. The van der Waals surface area contributed by atoms with E-state index in [0.29, 0.717) is 48.4 Å². The molecule has 4 amide bonds. The molecule has 0 aliphatic carbocycles. The van der Waals surface area contributed by atoms with Gasteiger partial charge in [0.1, 0.15) is 12.1 Å². The number of fused-ring (bicyclic) bond motifs is 3. The Morgan fingerprint density at radius 1 is 1.09 bits per heavy atom. The molecular formula is C26H28N4O4. The Balaban J connectivity index is 1.40. The summed E-state index contributed by atoms with van der Waals surface area (Å²) in [4.78, 5) is 55.3. The van der Waals surface area contributed by atoms with Crippen molar-refractivity contribution in [3.63, 3.8) is 0 Å². The van der Waals surface area contributed by atoms with Gasteiger partial charge in [-0.15, -0.1) is 0 Å². The van der Waals surface area contributed by atoms with E-state index in [0.717, 1.165) is 12.0 Å². The number of nitrogens with one attached hydrogen (secondary N) is 2. The second-order valence-corrected chi connectivity index (χ2v) is 9.63. The van der Waals surface area contributed by atoms with Crippen LogP contribution in [0, 0.1) is 5.92 Å². The minimum Gasteiger partial charge on any atom is -0.327 e. The molecular weight excluding hydrogens is 432 g/mol. The average molecular weight is 461 g/mol. The first kappa shape index (κ1) is 22.1. The number of hydrogen-bond donors (Lipinski definition) is 2. The lowest BCUT2D eigenvalue weighted by Gasteiger charge is -2.28. The molecule has 0 radical (unpaired) electrons. The van der Waals surface area contributed by atoms with Gasteiger partial charge in [0.2, 0.25) is 11.8 Å². The highest BCUT2D eigenvalue weighted by molar-refractivity contribution is 6.11. The van der Waals surface area contributed by atoms with Gasteiger partial charge in [0.05, 0.1) is 11.3 Å². The zero-order chi connectivity index (χ0) is 24.0. The molecule has 3 aliphatic heterocycles. The number of carbonyl (C=O) groups is 4. The highest BCUT2D eigenvalue weighted by Crippen LogP contribution is 2.31. The van der Waals surface area contributed by atoms with E-state index in [1.54, 1.807) is 34.1 Å². The molecule has 2 aromatic rings. The number of anilines is 2. The Hall–Kier alpha value is -3.68. The predicted octanol–water partition coefficient (Wildman–Crippen LogP) is 3.25. The smallest absolute Gasteiger partial charge is 0.256 e. The normalized spacial score (nSPS) is 20.0. The fourth-order valence-corrected chi connectivity index (χ4v) is 5.14. The van der Waals surface area contributed by atoms with E-state index in [1.807, 2.05) is 32.0 Å². The molecule has 0 bridgehead atoms. The van der Waals surface area contributed by atoms with Crippen LogP contribution in [-0.2, 0) is 16.1 Å². The van der Waals surface area contributed by atoms with Gasteiger partial charge in [0.15, 0.2) is 0 Å². The van der Waals surface area contributed by atoms with Gasteiger partial charge in [-0.3, -0.25) is 19.2 Å². The molecule has 34 heavy (non-hydrogen) atoms. The van der Waals surface area contributed by atoms with Gasteiger partial charge in [-0.25, -0.2) is 0 Å². The van der Waals surface area contributed by atoms with Gasteiger partial charge < -0.3 is 20.4 Å². The Morgan fingerprint density at radius 2 is 1.88 bits per heavy atom. The third-order valence-electron chi connectivity index (χ3n) is 6.81. The SMILES string of the molecule is CC(C)C[C@H](C(=O)Nc1ccc2c(c1)C(=O)N1CCC[C@@H]1C(=O)N2)N1Cc2ccccc2C1=O. The Kier molecular flexibility index (Phi) is 5.59. The predicted molar refractivity (Wildman–Crippen MR) is 127 cm³/mol. The fraction of sp³-hybridized carbons (Fsp3) is 0.385. The van der Waals surface area contributed by atoms with E-state index in [2.05, 4.69) is 10.6 Å². The van der Waals surface area contributed by atoms with Gasteiger partial charge in [0.25, 0.3) is 11.8 Å². The number of benzene rings is 2. The van der Waals surface area contributed by atoms with Gasteiger partial charge in [0, 0.05) is 24.3 Å². The average Bonchev–Trinajstić information content (AvgIpc) is 3.41. The Labute approximate surface area is 198 Å². The number of carbonyl (C=O) groups excluding carboxylic acids is 4. The van der Waals surface area contributed by atoms with E-state index >= 15 is 0 Å². The number of rotatable bonds is 5. The second kappa shape index (κ2) is 8.59. The lowest BCUT2D eigenvalue weighted by atomic mass is 10.0. The number of hydrogen-bond acceptors (Lipinski definition) is 4. The van der Waals surface area contributed by atoms with Crippen molar-refractivity contribution < 1.29 is 19.2 Å². The molecule has 2 aromatic carbocycles. The van der Waals surface area contributed by atoms with Crippen molar-refractivity contribution in [3.05, 3.63) is 59.2 Å². The van der Waals surface area contributed by atoms with Crippen LogP contribution in [0.4, 0.5) is 11.4 Å². The summed E-state index contributed by atoms with van der Waals surface area (Å²) in [5, 5.41) is 5.76. The molecule has 0 spiro atoms. The molecule has 3 aliphatic rings. The van der Waals surface area contributed by atoms with E-state index in [1.165, 1.54) is 0 Å². The summed E-state index contributed by atoms with van der Waals surface area (Å²) in [6, 6.07) is 11.3. The lowest BCUT2D eigenvalue weighted by molar-refractivity contribution is -0.121. The van der Waals surface area contributed by atoms with Gasteiger partial charge in [-0.2, -0.15) is 0 Å². The second-order valence-electron chi connectivity index (χ2n) is 9.63. The third kappa shape index (κ3) is 3.83. The van der Waals surface area contributed by atoms with Crippen molar-refractivity contribution in [1.29, 1.82) is 0 Å². The minimum absolute atomic E-state index is 0.142. The van der Waals surface area contributed by atoms with Crippen molar-refractivity contribution >= 4 is 35.0 Å². The number of nitrogens with zero attached hydrogens (tertiary/aromatic N) is 2. The monoisotopic (exact) mass is 460 g/mol. The van der Waals surface area contributed by atoms with Crippen LogP contribution in [0.2, 0.25) is 0 Å². The van der Waals surface area contributed by atoms with Gasteiger partial charge >= 0.3 is 0 Å². The molecule has 5 rings (SSSR count). The molecule has 8 nitrogen and oxygen atoms in total. The first-order chi connectivity index (χ1) is 16.3. The van der Waals surface area contributed by atoms with Crippen LogP contribution in [0.25, 0.3) is 0 Å². The van der Waals surface area contributed by atoms with E-state index in [-0.39, 0.29) is 29.5 Å². The van der Waals surface area contributed by atoms with Crippen LogP contribution in [-0.4, -0.2) is 52.1 Å². The molecule has 8 heteroatoms. The summed E-state index contributed by atoms with van der Waals surface area (Å²) in [7, 11) is 0. The standard InChI is InChI=1S/C26H28N4O4/c1-15(2)12-22(30-14-16-6-3-4-7-18(16)25(30)33)24(32)27-17-9-10-20-19(13-17)26(34)29-11-5-8-21(29)23(31)28-20/h3-4,6-7,9-10,13,15,21-22H,5,8,11-12,14H2,1-2H3,(H,27,32)(H,28,31)/t21-,22-/m1/s1. The number of amides is 4. The summed E-state index contributed by atoms with van der Waals surface area (Å²) in [6.45, 7) is 4.97. The van der Waals surface area contributed by atoms with Crippen LogP contribution in [0.15, 0.2) is 42.5 Å². The quantitative estimate of drug-likeness (QED) is 0.716. The van der Waals surface area contributed by atoms with Crippen molar-refractivity contribution in [2.24, 2.45) is 5.92 Å². The van der Waals surface area contributed by atoms with Gasteiger partial charge in [-0.05, 0) is 55.0 Å². The zero-order valence-electron chi connectivity index (χ0n) is 19.3. The summed E-state index contributed by atoms with van der Waals surface area (Å²) in [6.07, 6.45) is 1.96. The highest BCUT2D eigenvalue weighted by atomic mass is 16.2. The summed E-state index contributed by atoms with van der Waals surface area (Å²) in [5.74, 6) is -0.625. The highest BCUT2D eigenvalue weighted by Gasteiger charge is 2.39. The van der Waals surface area contributed by atoms with E-state index < -0.39 is 12.1 Å². The molecule has 3 heterocycles. The maximum Gasteiger partial charge on any atom is 0.256 e. The Bertz CT molecular complexity index is 1190. The van der Waals surface area contributed by atoms with Crippen LogP contribution >= 0.6 is 0 Å². The molecule has 0 saturated carbocycles.